The number of benzene rings is 1. The fourth-order valence-corrected chi connectivity index (χ4v) is 2.06. The number of nitrogens with zero attached hydrogens (tertiary/aromatic N) is 1. The van der Waals surface area contributed by atoms with Crippen LogP contribution < -0.4 is 10.1 Å². The number of rotatable bonds is 6. The maximum absolute atomic E-state index is 11.9. The molecule has 0 spiro atoms. The van der Waals surface area contributed by atoms with Gasteiger partial charge in [-0.2, -0.15) is 0 Å². The molecule has 0 bridgehead atoms. The molecule has 0 unspecified atom stereocenters. The van der Waals surface area contributed by atoms with Crippen molar-refractivity contribution in [2.75, 3.05) is 39.4 Å². The monoisotopic (exact) mass is 278 g/mol. The number of morpholine rings is 1. The van der Waals surface area contributed by atoms with Gasteiger partial charge in [0.2, 0.25) is 0 Å². The van der Waals surface area contributed by atoms with Gasteiger partial charge in [0.15, 0.2) is 6.10 Å². The Morgan fingerprint density at radius 1 is 1.35 bits per heavy atom. The molecule has 0 radical (unpaired) electrons. The second kappa shape index (κ2) is 7.87. The molecule has 2 rings (SSSR count). The molecule has 0 aromatic heterocycles. The Bertz CT molecular complexity index is 405. The van der Waals surface area contributed by atoms with Crippen LogP contribution in [-0.2, 0) is 9.53 Å². The molecule has 1 heterocycles. The largest absolute Gasteiger partial charge is 0.481 e. The van der Waals surface area contributed by atoms with E-state index in [-0.39, 0.29) is 5.91 Å². The van der Waals surface area contributed by atoms with Gasteiger partial charge in [0.25, 0.3) is 5.91 Å². The van der Waals surface area contributed by atoms with Gasteiger partial charge >= 0.3 is 0 Å². The Balaban J connectivity index is 1.66. The first kappa shape index (κ1) is 14.8. The predicted molar refractivity (Wildman–Crippen MR) is 76.8 cm³/mol. The van der Waals surface area contributed by atoms with Crippen molar-refractivity contribution < 1.29 is 14.3 Å². The zero-order valence-corrected chi connectivity index (χ0v) is 11.9. The number of nitrogens with one attached hydrogen (secondary N) is 1. The van der Waals surface area contributed by atoms with Crippen LogP contribution in [0.25, 0.3) is 0 Å². The Labute approximate surface area is 119 Å². The molecule has 1 N–H and O–H groups in total. The number of hydrogen-bond donors (Lipinski definition) is 1. The lowest BCUT2D eigenvalue weighted by Gasteiger charge is -2.26. The number of carbonyl (C=O) groups excluding carboxylic acids is 1. The summed E-state index contributed by atoms with van der Waals surface area (Å²) in [6, 6.07) is 9.38. The third kappa shape index (κ3) is 4.83. The van der Waals surface area contributed by atoms with Crippen molar-refractivity contribution in [2.45, 2.75) is 13.0 Å². The first-order valence-electron chi connectivity index (χ1n) is 7.05. The van der Waals surface area contributed by atoms with Gasteiger partial charge in [-0.15, -0.1) is 0 Å². The minimum Gasteiger partial charge on any atom is -0.481 e. The summed E-state index contributed by atoms with van der Waals surface area (Å²) in [6.07, 6.45) is -0.484. The van der Waals surface area contributed by atoms with Crippen molar-refractivity contribution >= 4 is 5.91 Å². The molecule has 5 heteroatoms. The van der Waals surface area contributed by atoms with Crippen molar-refractivity contribution in [3.8, 4) is 5.75 Å². The van der Waals surface area contributed by atoms with Crippen LogP contribution in [0.4, 0.5) is 0 Å². The first-order valence-corrected chi connectivity index (χ1v) is 7.05. The summed E-state index contributed by atoms with van der Waals surface area (Å²) >= 11 is 0. The van der Waals surface area contributed by atoms with E-state index >= 15 is 0 Å². The fraction of sp³-hybridized carbons (Fsp3) is 0.533. The molecule has 1 aliphatic heterocycles. The molecule has 0 aliphatic carbocycles. The van der Waals surface area contributed by atoms with Crippen LogP contribution in [-0.4, -0.2) is 56.3 Å². The van der Waals surface area contributed by atoms with E-state index in [1.165, 1.54) is 0 Å². The van der Waals surface area contributed by atoms with Crippen molar-refractivity contribution in [2.24, 2.45) is 0 Å². The number of amides is 1. The summed E-state index contributed by atoms with van der Waals surface area (Å²) in [6.45, 7) is 6.69. The summed E-state index contributed by atoms with van der Waals surface area (Å²) in [7, 11) is 0. The Morgan fingerprint density at radius 2 is 2.05 bits per heavy atom. The Hall–Kier alpha value is -1.59. The number of hydrogen-bond acceptors (Lipinski definition) is 4. The summed E-state index contributed by atoms with van der Waals surface area (Å²) in [5.41, 5.74) is 0. The highest BCUT2D eigenvalue weighted by atomic mass is 16.5. The van der Waals surface area contributed by atoms with Gasteiger partial charge in [0, 0.05) is 26.2 Å². The van der Waals surface area contributed by atoms with Gasteiger partial charge in [-0.05, 0) is 19.1 Å². The van der Waals surface area contributed by atoms with E-state index in [1.54, 1.807) is 6.92 Å². The van der Waals surface area contributed by atoms with Crippen molar-refractivity contribution in [3.63, 3.8) is 0 Å². The van der Waals surface area contributed by atoms with Gasteiger partial charge in [-0.25, -0.2) is 0 Å². The maximum atomic E-state index is 11.9. The van der Waals surface area contributed by atoms with Gasteiger partial charge in [0.1, 0.15) is 5.75 Å². The highest BCUT2D eigenvalue weighted by Gasteiger charge is 2.15. The van der Waals surface area contributed by atoms with Gasteiger partial charge < -0.3 is 14.8 Å². The summed E-state index contributed by atoms with van der Waals surface area (Å²) in [4.78, 5) is 14.2. The number of carbonyl (C=O) groups is 1. The quantitative estimate of drug-likeness (QED) is 0.840. The molecule has 1 aromatic rings. The van der Waals surface area contributed by atoms with E-state index in [9.17, 15) is 4.79 Å². The van der Waals surface area contributed by atoms with Crippen LogP contribution in [0.1, 0.15) is 6.92 Å². The lowest BCUT2D eigenvalue weighted by atomic mass is 10.3. The molecule has 20 heavy (non-hydrogen) atoms. The Morgan fingerprint density at radius 3 is 2.75 bits per heavy atom. The molecule has 1 aliphatic rings. The van der Waals surface area contributed by atoms with Crippen LogP contribution in [0.5, 0.6) is 5.75 Å². The number of ether oxygens (including phenoxy) is 2. The van der Waals surface area contributed by atoms with Crippen LogP contribution in [0, 0.1) is 0 Å². The molecule has 1 fully saturated rings. The fourth-order valence-electron chi connectivity index (χ4n) is 2.06. The maximum Gasteiger partial charge on any atom is 0.260 e. The van der Waals surface area contributed by atoms with Gasteiger partial charge in [-0.1, -0.05) is 18.2 Å². The smallest absolute Gasteiger partial charge is 0.260 e. The van der Waals surface area contributed by atoms with E-state index in [0.29, 0.717) is 12.3 Å². The van der Waals surface area contributed by atoms with Crippen LogP contribution in [0.2, 0.25) is 0 Å². The van der Waals surface area contributed by atoms with E-state index in [2.05, 4.69) is 10.2 Å². The van der Waals surface area contributed by atoms with Gasteiger partial charge in [0.05, 0.1) is 13.2 Å². The summed E-state index contributed by atoms with van der Waals surface area (Å²) in [5.74, 6) is 0.630. The first-order chi connectivity index (χ1) is 9.75. The minimum absolute atomic E-state index is 0.0814. The normalized spacial score (nSPS) is 17.4. The zero-order valence-electron chi connectivity index (χ0n) is 11.9. The molecular weight excluding hydrogens is 256 g/mol. The summed E-state index contributed by atoms with van der Waals surface area (Å²) < 4.78 is 10.9. The SMILES string of the molecule is C[C@@H](Oc1ccccc1)C(=O)NCCN1CCOCC1. The van der Waals surface area contributed by atoms with E-state index in [1.807, 2.05) is 30.3 Å². The highest BCUT2D eigenvalue weighted by molar-refractivity contribution is 5.80. The molecular formula is C15H22N2O3. The van der Waals surface area contributed by atoms with Crippen LogP contribution in [0.3, 0.4) is 0 Å². The average Bonchev–Trinajstić information content (AvgIpc) is 2.49. The third-order valence-corrected chi connectivity index (χ3v) is 3.26. The van der Waals surface area contributed by atoms with Crippen LogP contribution >= 0.6 is 0 Å². The molecule has 1 aromatic carbocycles. The highest BCUT2D eigenvalue weighted by Crippen LogP contribution is 2.10. The third-order valence-electron chi connectivity index (χ3n) is 3.26. The van der Waals surface area contributed by atoms with Crippen molar-refractivity contribution in [1.29, 1.82) is 0 Å². The second-order valence-electron chi connectivity index (χ2n) is 4.82. The predicted octanol–water partition coefficient (Wildman–Crippen LogP) is 0.902. The standard InChI is InChI=1S/C15H22N2O3/c1-13(20-14-5-3-2-4-6-14)15(18)16-7-8-17-9-11-19-12-10-17/h2-6,13H,7-12H2,1H3,(H,16,18)/t13-/m1/s1. The average molecular weight is 278 g/mol. The van der Waals surface area contributed by atoms with Crippen molar-refractivity contribution in [1.82, 2.24) is 10.2 Å². The van der Waals surface area contributed by atoms with Crippen LogP contribution in [0.15, 0.2) is 30.3 Å². The summed E-state index contributed by atoms with van der Waals surface area (Å²) in [5, 5.41) is 2.90. The molecule has 0 saturated carbocycles. The van der Waals surface area contributed by atoms with Crippen molar-refractivity contribution in [3.05, 3.63) is 30.3 Å². The van der Waals surface area contributed by atoms with E-state index in [4.69, 9.17) is 9.47 Å². The molecule has 1 amide bonds. The lowest BCUT2D eigenvalue weighted by Crippen LogP contribution is -2.43. The molecule has 5 nitrogen and oxygen atoms in total. The number of para-hydroxylation sites is 1. The zero-order chi connectivity index (χ0) is 14.2. The second-order valence-corrected chi connectivity index (χ2v) is 4.82. The Kier molecular flexibility index (Phi) is 5.83. The minimum atomic E-state index is -0.484. The topological polar surface area (TPSA) is 50.8 Å². The molecule has 110 valence electrons. The molecule has 1 saturated heterocycles. The van der Waals surface area contributed by atoms with E-state index < -0.39 is 6.10 Å². The lowest BCUT2D eigenvalue weighted by molar-refractivity contribution is -0.127. The molecule has 1 atom stereocenters. The van der Waals surface area contributed by atoms with Gasteiger partial charge in [-0.3, -0.25) is 9.69 Å². The van der Waals surface area contributed by atoms with E-state index in [0.717, 1.165) is 32.8 Å².